The van der Waals surface area contributed by atoms with Gasteiger partial charge in [-0.2, -0.15) is 5.26 Å². The summed E-state index contributed by atoms with van der Waals surface area (Å²) in [5, 5.41) is 37.2. The molecule has 39 heavy (non-hydrogen) atoms. The van der Waals surface area contributed by atoms with Crippen LogP contribution in [0.5, 0.6) is 0 Å². The number of nitrogens with one attached hydrogen (secondary N) is 2. The Bertz CT molecular complexity index is 1260. The van der Waals surface area contributed by atoms with Crippen LogP contribution in [0.15, 0.2) is 36.4 Å². The Labute approximate surface area is 236 Å². The monoisotopic (exact) mass is 581 g/mol. The van der Waals surface area contributed by atoms with E-state index in [0.29, 0.717) is 6.42 Å². The standard InChI is InChI=1S/C28H31Cl2F2N3O4/c1-2-27(14-37)11-22-28(13-33,19-7-6-16(29)10-21(19)31)23(18-4-3-5-20(30)24(18)32)25(35-22)26(38)34-9-8-17(12-36)39-15-27/h3-7,10,17,22-23,25,35-37H,2,8-9,11-12,14-15H2,1H3,(H,34,38)/t17-,22-,23-,25+,27?,28-/m0/s1. The van der Waals surface area contributed by atoms with Crippen molar-refractivity contribution in [2.45, 2.75) is 55.7 Å². The molecular weight excluding hydrogens is 551 g/mol. The van der Waals surface area contributed by atoms with Gasteiger partial charge >= 0.3 is 0 Å². The van der Waals surface area contributed by atoms with Crippen molar-refractivity contribution < 1.29 is 28.5 Å². The molecule has 0 aromatic heterocycles. The number of halogens is 4. The summed E-state index contributed by atoms with van der Waals surface area (Å²) in [4.78, 5) is 13.6. The summed E-state index contributed by atoms with van der Waals surface area (Å²) >= 11 is 12.2. The Morgan fingerprint density at radius 3 is 2.64 bits per heavy atom. The van der Waals surface area contributed by atoms with Crippen LogP contribution in [0.2, 0.25) is 10.0 Å². The summed E-state index contributed by atoms with van der Waals surface area (Å²) in [6, 6.07) is 8.41. The molecular formula is C28H31Cl2F2N3O4. The molecule has 1 unspecified atom stereocenters. The number of nitrogens with zero attached hydrogens (tertiary/aromatic N) is 1. The van der Waals surface area contributed by atoms with Gasteiger partial charge in [0, 0.05) is 34.5 Å². The van der Waals surface area contributed by atoms with Crippen molar-refractivity contribution in [1.29, 1.82) is 5.26 Å². The number of rotatable bonds is 5. The zero-order chi connectivity index (χ0) is 28.4. The number of hydrogen-bond acceptors (Lipinski definition) is 6. The average molecular weight is 582 g/mol. The number of amides is 1. The molecule has 2 aliphatic rings. The maximum atomic E-state index is 15.7. The van der Waals surface area contributed by atoms with Crippen molar-refractivity contribution in [2.24, 2.45) is 5.41 Å². The number of carbonyl (C=O) groups is 1. The van der Waals surface area contributed by atoms with Crippen molar-refractivity contribution in [2.75, 3.05) is 26.4 Å². The number of carbonyl (C=O) groups excluding carboxylic acids is 1. The Morgan fingerprint density at radius 2 is 2.00 bits per heavy atom. The van der Waals surface area contributed by atoms with Crippen molar-refractivity contribution in [3.63, 3.8) is 0 Å². The summed E-state index contributed by atoms with van der Waals surface area (Å²) in [5.41, 5.74) is -2.81. The smallest absolute Gasteiger partial charge is 0.237 e. The molecule has 4 rings (SSSR count). The third-order valence-corrected chi connectivity index (χ3v) is 8.76. The minimum absolute atomic E-state index is 0.0148. The number of benzene rings is 2. The predicted molar refractivity (Wildman–Crippen MR) is 142 cm³/mol. The van der Waals surface area contributed by atoms with Gasteiger partial charge in [0.1, 0.15) is 17.0 Å². The second kappa shape index (κ2) is 12.0. The van der Waals surface area contributed by atoms with E-state index in [-0.39, 0.29) is 60.4 Å². The molecule has 0 spiro atoms. The zero-order valence-corrected chi connectivity index (χ0v) is 22.9. The van der Waals surface area contributed by atoms with Crippen molar-refractivity contribution >= 4 is 29.1 Å². The van der Waals surface area contributed by atoms with Gasteiger partial charge in [0.15, 0.2) is 0 Å². The highest BCUT2D eigenvalue weighted by Gasteiger charge is 2.61. The fourth-order valence-electron chi connectivity index (χ4n) is 5.89. The van der Waals surface area contributed by atoms with Gasteiger partial charge in [-0.05, 0) is 43.0 Å². The van der Waals surface area contributed by atoms with E-state index in [2.05, 4.69) is 16.7 Å². The molecule has 210 valence electrons. The first-order valence-corrected chi connectivity index (χ1v) is 13.6. The maximum Gasteiger partial charge on any atom is 0.237 e. The van der Waals surface area contributed by atoms with Gasteiger partial charge in [-0.25, -0.2) is 8.78 Å². The molecule has 2 aliphatic heterocycles. The van der Waals surface area contributed by atoms with Crippen LogP contribution in [-0.2, 0) is 14.9 Å². The molecule has 0 saturated carbocycles. The van der Waals surface area contributed by atoms with Gasteiger partial charge in [-0.1, -0.05) is 48.3 Å². The Hall–Kier alpha value is -2.32. The molecule has 2 aromatic carbocycles. The minimum atomic E-state index is -1.82. The van der Waals surface area contributed by atoms with Crippen LogP contribution in [-0.4, -0.2) is 60.7 Å². The maximum absolute atomic E-state index is 15.7. The van der Waals surface area contributed by atoms with Crippen LogP contribution in [0.3, 0.4) is 0 Å². The quantitative estimate of drug-likeness (QED) is 0.426. The van der Waals surface area contributed by atoms with E-state index in [0.717, 1.165) is 6.07 Å². The van der Waals surface area contributed by atoms with Gasteiger partial charge in [-0.3, -0.25) is 4.79 Å². The molecule has 7 nitrogen and oxygen atoms in total. The van der Waals surface area contributed by atoms with Crippen molar-refractivity contribution in [3.05, 3.63) is 69.2 Å². The van der Waals surface area contributed by atoms with E-state index >= 15 is 8.78 Å². The third-order valence-electron chi connectivity index (χ3n) is 8.23. The van der Waals surface area contributed by atoms with Crippen LogP contribution < -0.4 is 10.6 Å². The largest absolute Gasteiger partial charge is 0.396 e. The second-order valence-electron chi connectivity index (χ2n) is 10.3. The lowest BCUT2D eigenvalue weighted by Crippen LogP contribution is -2.49. The van der Waals surface area contributed by atoms with Crippen molar-refractivity contribution in [1.82, 2.24) is 10.6 Å². The van der Waals surface area contributed by atoms with Crippen LogP contribution in [0.25, 0.3) is 0 Å². The fraction of sp³-hybridized carbons (Fsp3) is 0.500. The summed E-state index contributed by atoms with van der Waals surface area (Å²) in [5.74, 6) is -3.32. The molecule has 0 aliphatic carbocycles. The molecule has 11 heteroatoms. The average Bonchev–Trinajstić information content (AvgIpc) is 3.24. The number of aliphatic hydroxyl groups excluding tert-OH is 2. The summed E-state index contributed by atoms with van der Waals surface area (Å²) < 4.78 is 37.3. The molecule has 2 aromatic rings. The number of ether oxygens (including phenoxy) is 1. The molecule has 2 bridgehead atoms. The van der Waals surface area contributed by atoms with E-state index in [1.807, 2.05) is 6.92 Å². The van der Waals surface area contributed by atoms with Gasteiger partial charge in [0.2, 0.25) is 5.91 Å². The van der Waals surface area contributed by atoms with Crippen LogP contribution >= 0.6 is 23.2 Å². The van der Waals surface area contributed by atoms with Crippen molar-refractivity contribution in [3.8, 4) is 6.07 Å². The number of hydrogen-bond donors (Lipinski definition) is 4. The molecule has 6 atom stereocenters. The lowest BCUT2D eigenvalue weighted by atomic mass is 9.62. The summed E-state index contributed by atoms with van der Waals surface area (Å²) in [6.45, 7) is 1.40. The lowest BCUT2D eigenvalue weighted by molar-refractivity contribution is -0.123. The van der Waals surface area contributed by atoms with Gasteiger partial charge in [-0.15, -0.1) is 0 Å². The Kier molecular flexibility index (Phi) is 9.16. The first-order chi connectivity index (χ1) is 18.7. The number of fused-ring (bicyclic) bond motifs is 2. The van der Waals surface area contributed by atoms with E-state index in [1.165, 1.54) is 30.3 Å². The summed E-state index contributed by atoms with van der Waals surface area (Å²) in [6.07, 6.45) is 0.186. The molecule has 1 amide bonds. The van der Waals surface area contributed by atoms with Gasteiger partial charge < -0.3 is 25.6 Å². The van der Waals surface area contributed by atoms with E-state index in [4.69, 9.17) is 27.9 Å². The number of aliphatic hydroxyl groups is 2. The number of nitriles is 1. The highest BCUT2D eigenvalue weighted by atomic mass is 35.5. The third kappa shape index (κ3) is 5.39. The Balaban J connectivity index is 2.01. The van der Waals surface area contributed by atoms with Gasteiger partial charge in [0.25, 0.3) is 0 Å². The minimum Gasteiger partial charge on any atom is -0.396 e. The fourth-order valence-corrected chi connectivity index (χ4v) is 6.23. The van der Waals surface area contributed by atoms with Crippen LogP contribution in [0.4, 0.5) is 8.78 Å². The summed E-state index contributed by atoms with van der Waals surface area (Å²) in [7, 11) is 0. The molecule has 2 fully saturated rings. The van der Waals surface area contributed by atoms with E-state index in [1.54, 1.807) is 0 Å². The Morgan fingerprint density at radius 1 is 1.23 bits per heavy atom. The second-order valence-corrected chi connectivity index (χ2v) is 11.2. The molecule has 2 heterocycles. The van der Waals surface area contributed by atoms with E-state index < -0.39 is 52.5 Å². The highest BCUT2D eigenvalue weighted by molar-refractivity contribution is 6.31. The van der Waals surface area contributed by atoms with Crippen LogP contribution in [0.1, 0.15) is 43.2 Å². The van der Waals surface area contributed by atoms with E-state index in [9.17, 15) is 20.3 Å². The predicted octanol–water partition coefficient (Wildman–Crippen LogP) is 3.83. The topological polar surface area (TPSA) is 115 Å². The lowest BCUT2D eigenvalue weighted by Gasteiger charge is -2.40. The normalized spacial score (nSPS) is 31.6. The SMILES string of the molecule is CCC1(CO)CO[C@H](CO)CCNC(=O)[C@@H]2N[C@@H](C1)[C@](C#N)(c1ccc(Cl)cc1F)[C@H]2c1cccc(Cl)c1F. The molecule has 4 N–H and O–H groups in total. The first-order valence-electron chi connectivity index (χ1n) is 12.8. The molecule has 0 radical (unpaired) electrons. The van der Waals surface area contributed by atoms with Crippen LogP contribution in [0, 0.1) is 28.4 Å². The molecule has 2 saturated heterocycles. The zero-order valence-electron chi connectivity index (χ0n) is 21.4. The highest BCUT2D eigenvalue weighted by Crippen LogP contribution is 2.53. The van der Waals surface area contributed by atoms with Gasteiger partial charge in [0.05, 0.1) is 43.1 Å². The first kappa shape index (κ1) is 29.7.